The van der Waals surface area contributed by atoms with Crippen LogP contribution >= 0.6 is 12.4 Å². The third-order valence-electron chi connectivity index (χ3n) is 3.39. The van der Waals surface area contributed by atoms with Gasteiger partial charge >= 0.3 is 0 Å². The minimum absolute atomic E-state index is 0. The number of hydrogen-bond acceptors (Lipinski definition) is 2. The average molecular weight is 331 g/mol. The van der Waals surface area contributed by atoms with Crippen LogP contribution in [0.1, 0.15) is 18.0 Å². The van der Waals surface area contributed by atoms with Crippen LogP contribution in [0.15, 0.2) is 12.1 Å². The van der Waals surface area contributed by atoms with Gasteiger partial charge in [-0.05, 0) is 6.07 Å². The smallest absolute Gasteiger partial charge is 0.240 e. The number of alkyl halides is 2. The fraction of sp³-hybridized carbons (Fsp3) is 0.538. The fourth-order valence-electron chi connectivity index (χ4n) is 2.43. The summed E-state index contributed by atoms with van der Waals surface area (Å²) in [6.07, 6.45) is -3.26. The van der Waals surface area contributed by atoms with Crippen LogP contribution in [0, 0.1) is 17.5 Å². The maximum Gasteiger partial charge on any atom is 0.240 e. The molecule has 0 aliphatic carbocycles. The van der Waals surface area contributed by atoms with E-state index in [9.17, 15) is 22.0 Å². The molecule has 0 spiro atoms. The highest BCUT2D eigenvalue weighted by Crippen LogP contribution is 2.30. The number of benzene rings is 1. The summed E-state index contributed by atoms with van der Waals surface area (Å²) in [5.41, 5.74) is -0.217. The number of hydrogen-bond donors (Lipinski definition) is 1. The van der Waals surface area contributed by atoms with Crippen LogP contribution in [0.4, 0.5) is 22.0 Å². The summed E-state index contributed by atoms with van der Waals surface area (Å²) in [6.45, 7) is 2.09. The van der Waals surface area contributed by atoms with Crippen molar-refractivity contribution in [3.05, 3.63) is 35.1 Å². The zero-order valence-corrected chi connectivity index (χ0v) is 11.9. The lowest BCUT2D eigenvalue weighted by Gasteiger charge is -2.35. The molecule has 1 heterocycles. The van der Waals surface area contributed by atoms with Gasteiger partial charge in [-0.3, -0.25) is 4.90 Å². The second-order valence-corrected chi connectivity index (χ2v) is 4.72. The first kappa shape index (κ1) is 18.1. The van der Waals surface area contributed by atoms with Gasteiger partial charge in [0.15, 0.2) is 11.6 Å². The van der Waals surface area contributed by atoms with Gasteiger partial charge in [-0.2, -0.15) is 0 Å². The fourth-order valence-corrected chi connectivity index (χ4v) is 2.43. The van der Waals surface area contributed by atoms with Gasteiger partial charge in [-0.15, -0.1) is 12.4 Å². The Kier molecular flexibility index (Phi) is 6.83. The van der Waals surface area contributed by atoms with E-state index in [4.69, 9.17) is 0 Å². The van der Waals surface area contributed by atoms with Gasteiger partial charge < -0.3 is 5.32 Å². The van der Waals surface area contributed by atoms with Crippen molar-refractivity contribution in [3.8, 4) is 0 Å². The molecule has 1 atom stereocenters. The second-order valence-electron chi connectivity index (χ2n) is 4.72. The minimum Gasteiger partial charge on any atom is -0.314 e. The monoisotopic (exact) mass is 330 g/mol. The highest BCUT2D eigenvalue weighted by Gasteiger charge is 2.28. The molecule has 2 nitrogen and oxygen atoms in total. The van der Waals surface area contributed by atoms with E-state index in [1.807, 2.05) is 0 Å². The van der Waals surface area contributed by atoms with Gasteiger partial charge in [0.25, 0.3) is 0 Å². The Bertz CT molecular complexity index is 466. The Morgan fingerprint density at radius 2 is 1.57 bits per heavy atom. The maximum atomic E-state index is 13.8. The molecule has 21 heavy (non-hydrogen) atoms. The number of rotatable bonds is 4. The lowest BCUT2D eigenvalue weighted by molar-refractivity contribution is 0.0723. The highest BCUT2D eigenvalue weighted by atomic mass is 35.5. The maximum absolute atomic E-state index is 13.8. The van der Waals surface area contributed by atoms with Crippen LogP contribution < -0.4 is 5.32 Å². The van der Waals surface area contributed by atoms with Gasteiger partial charge in [-0.25, -0.2) is 22.0 Å². The molecule has 2 rings (SSSR count). The summed E-state index contributed by atoms with van der Waals surface area (Å²) < 4.78 is 65.4. The highest BCUT2D eigenvalue weighted by molar-refractivity contribution is 5.85. The van der Waals surface area contributed by atoms with E-state index in [-0.39, 0.29) is 18.0 Å². The molecule has 0 radical (unpaired) electrons. The molecule has 8 heteroatoms. The van der Waals surface area contributed by atoms with Crippen LogP contribution in [0.5, 0.6) is 0 Å². The Morgan fingerprint density at radius 1 is 1.00 bits per heavy atom. The summed E-state index contributed by atoms with van der Waals surface area (Å²) in [5, 5.41) is 3.05. The Balaban J connectivity index is 0.00000220. The van der Waals surface area contributed by atoms with Gasteiger partial charge in [-0.1, -0.05) is 0 Å². The molecule has 0 amide bonds. The third-order valence-corrected chi connectivity index (χ3v) is 3.39. The first-order valence-corrected chi connectivity index (χ1v) is 6.36. The van der Waals surface area contributed by atoms with Crippen molar-refractivity contribution in [2.24, 2.45) is 0 Å². The van der Waals surface area contributed by atoms with E-state index in [0.29, 0.717) is 38.3 Å². The summed E-state index contributed by atoms with van der Waals surface area (Å²) in [5.74, 6) is -3.54. The molecule has 0 aromatic heterocycles. The van der Waals surface area contributed by atoms with E-state index >= 15 is 0 Å². The molecule has 1 saturated heterocycles. The van der Waals surface area contributed by atoms with Crippen molar-refractivity contribution in [2.75, 3.05) is 26.2 Å². The minimum atomic E-state index is -2.65. The summed E-state index contributed by atoms with van der Waals surface area (Å²) >= 11 is 0. The van der Waals surface area contributed by atoms with E-state index in [0.717, 1.165) is 0 Å². The molecule has 1 aliphatic rings. The summed E-state index contributed by atoms with van der Waals surface area (Å²) in [7, 11) is 0. The lowest BCUT2D eigenvalue weighted by Crippen LogP contribution is -2.45. The molecule has 0 unspecified atom stereocenters. The number of piperazine rings is 1. The number of nitrogens with one attached hydrogen (secondary N) is 1. The molecule has 1 aliphatic heterocycles. The predicted molar refractivity (Wildman–Crippen MR) is 71.4 cm³/mol. The molecule has 1 N–H and O–H groups in total. The van der Waals surface area contributed by atoms with E-state index < -0.39 is 36.3 Å². The molecular weight excluding hydrogens is 315 g/mol. The van der Waals surface area contributed by atoms with Gasteiger partial charge in [0.05, 0.1) is 0 Å². The van der Waals surface area contributed by atoms with Gasteiger partial charge in [0.1, 0.15) is 5.82 Å². The average Bonchev–Trinajstić information content (AvgIpc) is 2.41. The molecule has 1 aromatic carbocycles. The van der Waals surface area contributed by atoms with Crippen LogP contribution in [0.2, 0.25) is 0 Å². The first-order valence-electron chi connectivity index (χ1n) is 6.36. The number of nitrogens with zero attached hydrogens (tertiary/aromatic N) is 1. The SMILES string of the molecule is Cl.Fc1cc(F)c([C@@H](CC(F)F)N2CCNCC2)cc1F. The Morgan fingerprint density at radius 3 is 2.14 bits per heavy atom. The van der Waals surface area contributed by atoms with Crippen molar-refractivity contribution < 1.29 is 22.0 Å². The molecule has 0 bridgehead atoms. The molecular formula is C13H16ClF5N2. The number of halogens is 6. The summed E-state index contributed by atoms with van der Waals surface area (Å²) in [6, 6.07) is 0.137. The predicted octanol–water partition coefficient (Wildman–Crippen LogP) is 3.13. The standard InChI is InChI=1S/C13H15F5N2.ClH/c14-9-6-11(16)10(15)5-8(9)12(7-13(17)18)20-3-1-19-2-4-20;/h5-6,12-13,19H,1-4,7H2;1H/t12-;/m1./s1. The Hall–Kier alpha value is -0.920. The van der Waals surface area contributed by atoms with Crippen molar-refractivity contribution in [1.29, 1.82) is 0 Å². The largest absolute Gasteiger partial charge is 0.314 e. The van der Waals surface area contributed by atoms with Gasteiger partial charge in [0, 0.05) is 50.3 Å². The molecule has 1 aromatic rings. The van der Waals surface area contributed by atoms with E-state index in [2.05, 4.69) is 5.32 Å². The Labute approximate surface area is 125 Å². The molecule has 1 fully saturated rings. The quantitative estimate of drug-likeness (QED) is 0.674. The zero-order valence-electron chi connectivity index (χ0n) is 11.1. The second kappa shape index (κ2) is 7.91. The van der Waals surface area contributed by atoms with Crippen molar-refractivity contribution in [3.63, 3.8) is 0 Å². The van der Waals surface area contributed by atoms with Crippen LogP contribution in [0.25, 0.3) is 0 Å². The molecule has 0 saturated carbocycles. The normalized spacial score (nSPS) is 17.6. The van der Waals surface area contributed by atoms with Gasteiger partial charge in [0.2, 0.25) is 6.43 Å². The van der Waals surface area contributed by atoms with Crippen LogP contribution in [-0.2, 0) is 0 Å². The van der Waals surface area contributed by atoms with Crippen molar-refractivity contribution in [2.45, 2.75) is 18.9 Å². The van der Waals surface area contributed by atoms with Crippen LogP contribution in [0.3, 0.4) is 0 Å². The van der Waals surface area contributed by atoms with Crippen molar-refractivity contribution in [1.82, 2.24) is 10.2 Å². The van der Waals surface area contributed by atoms with Crippen molar-refractivity contribution >= 4 is 12.4 Å². The zero-order chi connectivity index (χ0) is 14.7. The van der Waals surface area contributed by atoms with E-state index in [1.54, 1.807) is 4.90 Å². The molecule has 120 valence electrons. The van der Waals surface area contributed by atoms with E-state index in [1.165, 1.54) is 0 Å². The topological polar surface area (TPSA) is 15.3 Å². The first-order chi connectivity index (χ1) is 9.49. The lowest BCUT2D eigenvalue weighted by atomic mass is 10.00. The summed E-state index contributed by atoms with van der Waals surface area (Å²) in [4.78, 5) is 1.67. The van der Waals surface area contributed by atoms with Crippen LogP contribution in [-0.4, -0.2) is 37.5 Å². The third kappa shape index (κ3) is 4.52.